The number of hydrogen-bond donors (Lipinski definition) is 2. The van der Waals surface area contributed by atoms with E-state index in [4.69, 9.17) is 9.63 Å². The van der Waals surface area contributed by atoms with Gasteiger partial charge in [0, 0.05) is 18.2 Å². The summed E-state index contributed by atoms with van der Waals surface area (Å²) in [7, 11) is 0. The van der Waals surface area contributed by atoms with Crippen molar-refractivity contribution in [1.82, 2.24) is 10.5 Å². The van der Waals surface area contributed by atoms with Crippen molar-refractivity contribution >= 4 is 5.97 Å². The second-order valence-corrected chi connectivity index (χ2v) is 5.09. The SMILES string of the molecule is CCC(NCc1cccc(C(=O)O)c1)c1c(C)noc1C. The van der Waals surface area contributed by atoms with Crippen LogP contribution in [-0.2, 0) is 6.54 Å². The van der Waals surface area contributed by atoms with Gasteiger partial charge < -0.3 is 14.9 Å². The van der Waals surface area contributed by atoms with E-state index in [0.29, 0.717) is 12.1 Å². The molecule has 0 saturated carbocycles. The molecule has 1 aromatic heterocycles. The van der Waals surface area contributed by atoms with Gasteiger partial charge in [-0.2, -0.15) is 0 Å². The molecular formula is C16H20N2O3. The molecule has 2 aromatic rings. The standard InChI is InChI=1S/C16H20N2O3/c1-4-14(15-10(2)18-21-11(15)3)17-9-12-6-5-7-13(8-12)16(19)20/h5-8,14,17H,4,9H2,1-3H3,(H,19,20). The van der Waals surface area contributed by atoms with Crippen molar-refractivity contribution in [3.8, 4) is 0 Å². The average molecular weight is 288 g/mol. The summed E-state index contributed by atoms with van der Waals surface area (Å²) in [5.41, 5.74) is 3.23. The van der Waals surface area contributed by atoms with Crippen LogP contribution in [0.3, 0.4) is 0 Å². The van der Waals surface area contributed by atoms with Gasteiger partial charge in [0.05, 0.1) is 11.3 Å². The minimum atomic E-state index is -0.908. The third-order valence-corrected chi connectivity index (χ3v) is 3.57. The highest BCUT2D eigenvalue weighted by Crippen LogP contribution is 2.24. The number of carboxylic acid groups (broad SMARTS) is 1. The minimum absolute atomic E-state index is 0.143. The van der Waals surface area contributed by atoms with E-state index in [-0.39, 0.29) is 6.04 Å². The Labute approximate surface area is 124 Å². The van der Waals surface area contributed by atoms with E-state index in [2.05, 4.69) is 17.4 Å². The van der Waals surface area contributed by atoms with Crippen molar-refractivity contribution < 1.29 is 14.4 Å². The quantitative estimate of drug-likeness (QED) is 0.853. The van der Waals surface area contributed by atoms with Crippen molar-refractivity contribution in [2.75, 3.05) is 0 Å². The number of carboxylic acids is 1. The second-order valence-electron chi connectivity index (χ2n) is 5.09. The zero-order chi connectivity index (χ0) is 15.4. The molecule has 1 aromatic carbocycles. The number of carbonyl (C=O) groups is 1. The van der Waals surface area contributed by atoms with Crippen LogP contribution >= 0.6 is 0 Å². The maximum absolute atomic E-state index is 11.0. The highest BCUT2D eigenvalue weighted by molar-refractivity contribution is 5.87. The number of nitrogens with one attached hydrogen (secondary N) is 1. The van der Waals surface area contributed by atoms with Crippen LogP contribution in [0.5, 0.6) is 0 Å². The van der Waals surface area contributed by atoms with Gasteiger partial charge in [0.1, 0.15) is 5.76 Å². The Morgan fingerprint density at radius 1 is 1.43 bits per heavy atom. The fourth-order valence-electron chi connectivity index (χ4n) is 2.49. The van der Waals surface area contributed by atoms with Gasteiger partial charge in [-0.05, 0) is 38.0 Å². The smallest absolute Gasteiger partial charge is 0.335 e. The van der Waals surface area contributed by atoms with Crippen molar-refractivity contribution in [3.05, 3.63) is 52.4 Å². The Balaban J connectivity index is 2.10. The first-order valence-corrected chi connectivity index (χ1v) is 7.01. The lowest BCUT2D eigenvalue weighted by Crippen LogP contribution is -2.21. The lowest BCUT2D eigenvalue weighted by Gasteiger charge is -2.17. The third-order valence-electron chi connectivity index (χ3n) is 3.57. The topological polar surface area (TPSA) is 75.4 Å². The molecule has 0 radical (unpaired) electrons. The summed E-state index contributed by atoms with van der Waals surface area (Å²) in [6, 6.07) is 7.11. The monoisotopic (exact) mass is 288 g/mol. The van der Waals surface area contributed by atoms with Crippen LogP contribution in [-0.4, -0.2) is 16.2 Å². The molecule has 112 valence electrons. The van der Waals surface area contributed by atoms with Crippen LogP contribution in [0.25, 0.3) is 0 Å². The van der Waals surface area contributed by atoms with Gasteiger partial charge in [-0.1, -0.05) is 24.2 Å². The molecule has 0 aliphatic carbocycles. The summed E-state index contributed by atoms with van der Waals surface area (Å²) in [5.74, 6) is -0.0826. The Hall–Kier alpha value is -2.14. The van der Waals surface area contributed by atoms with Crippen LogP contribution in [0.1, 0.15) is 52.3 Å². The van der Waals surface area contributed by atoms with Gasteiger partial charge in [-0.25, -0.2) is 4.79 Å². The van der Waals surface area contributed by atoms with Crippen LogP contribution in [0.4, 0.5) is 0 Å². The minimum Gasteiger partial charge on any atom is -0.478 e. The first-order chi connectivity index (χ1) is 10.0. The fraction of sp³-hybridized carbons (Fsp3) is 0.375. The summed E-state index contributed by atoms with van der Waals surface area (Å²) in [4.78, 5) is 11.0. The van der Waals surface area contributed by atoms with Gasteiger partial charge in [0.25, 0.3) is 0 Å². The van der Waals surface area contributed by atoms with E-state index in [9.17, 15) is 4.79 Å². The number of aromatic carboxylic acids is 1. The van der Waals surface area contributed by atoms with Gasteiger partial charge in [0.15, 0.2) is 0 Å². The van der Waals surface area contributed by atoms with E-state index in [0.717, 1.165) is 29.0 Å². The molecule has 0 spiro atoms. The fourth-order valence-corrected chi connectivity index (χ4v) is 2.49. The molecule has 5 heteroatoms. The third kappa shape index (κ3) is 3.49. The molecule has 21 heavy (non-hydrogen) atoms. The van der Waals surface area contributed by atoms with Crippen LogP contribution in [0.15, 0.2) is 28.8 Å². The number of aryl methyl sites for hydroxylation is 2. The van der Waals surface area contributed by atoms with Crippen molar-refractivity contribution in [1.29, 1.82) is 0 Å². The number of hydrogen-bond acceptors (Lipinski definition) is 4. The zero-order valence-electron chi connectivity index (χ0n) is 12.5. The Bertz CT molecular complexity index is 615. The first-order valence-electron chi connectivity index (χ1n) is 7.01. The maximum atomic E-state index is 11.0. The Kier molecular flexibility index (Phi) is 4.75. The molecule has 0 fully saturated rings. The van der Waals surface area contributed by atoms with Crippen molar-refractivity contribution in [2.24, 2.45) is 0 Å². The second kappa shape index (κ2) is 6.54. The van der Waals surface area contributed by atoms with Crippen molar-refractivity contribution in [2.45, 2.75) is 39.8 Å². The van der Waals surface area contributed by atoms with Crippen LogP contribution < -0.4 is 5.32 Å². The molecule has 2 N–H and O–H groups in total. The molecule has 1 heterocycles. The van der Waals surface area contributed by atoms with E-state index in [1.165, 1.54) is 0 Å². The molecule has 2 rings (SSSR count). The normalized spacial score (nSPS) is 12.3. The van der Waals surface area contributed by atoms with E-state index < -0.39 is 5.97 Å². The molecule has 1 atom stereocenters. The zero-order valence-corrected chi connectivity index (χ0v) is 12.5. The highest BCUT2D eigenvalue weighted by Gasteiger charge is 2.18. The molecule has 0 aliphatic rings. The average Bonchev–Trinajstić information content (AvgIpc) is 2.80. The number of nitrogens with zero attached hydrogens (tertiary/aromatic N) is 1. The van der Waals surface area contributed by atoms with Gasteiger partial charge in [-0.15, -0.1) is 0 Å². The molecular weight excluding hydrogens is 268 g/mol. The summed E-state index contributed by atoms with van der Waals surface area (Å²) in [5, 5.41) is 16.4. The number of aromatic nitrogens is 1. The largest absolute Gasteiger partial charge is 0.478 e. The summed E-state index contributed by atoms with van der Waals surface area (Å²) in [6.07, 6.45) is 0.904. The number of rotatable bonds is 6. The molecule has 1 unspecified atom stereocenters. The van der Waals surface area contributed by atoms with E-state index in [1.807, 2.05) is 19.9 Å². The van der Waals surface area contributed by atoms with E-state index in [1.54, 1.807) is 18.2 Å². The molecule has 0 bridgehead atoms. The predicted octanol–water partition coefficient (Wildman–Crippen LogP) is 3.23. The van der Waals surface area contributed by atoms with Crippen molar-refractivity contribution in [3.63, 3.8) is 0 Å². The van der Waals surface area contributed by atoms with Gasteiger partial charge >= 0.3 is 5.97 Å². The van der Waals surface area contributed by atoms with Crippen LogP contribution in [0.2, 0.25) is 0 Å². The maximum Gasteiger partial charge on any atom is 0.335 e. The summed E-state index contributed by atoms with van der Waals surface area (Å²) in [6.45, 7) is 6.53. The summed E-state index contributed by atoms with van der Waals surface area (Å²) < 4.78 is 5.21. The Morgan fingerprint density at radius 2 is 2.19 bits per heavy atom. The Morgan fingerprint density at radius 3 is 2.76 bits per heavy atom. The van der Waals surface area contributed by atoms with Gasteiger partial charge in [0.2, 0.25) is 0 Å². The summed E-state index contributed by atoms with van der Waals surface area (Å²) >= 11 is 0. The highest BCUT2D eigenvalue weighted by atomic mass is 16.5. The number of benzene rings is 1. The molecule has 0 amide bonds. The molecule has 0 aliphatic heterocycles. The van der Waals surface area contributed by atoms with Crippen LogP contribution in [0, 0.1) is 13.8 Å². The predicted molar refractivity (Wildman–Crippen MR) is 79.3 cm³/mol. The first kappa shape index (κ1) is 15.3. The molecule has 0 saturated heterocycles. The van der Waals surface area contributed by atoms with E-state index >= 15 is 0 Å². The van der Waals surface area contributed by atoms with Gasteiger partial charge in [-0.3, -0.25) is 0 Å². The lowest BCUT2D eigenvalue weighted by molar-refractivity contribution is 0.0696. The lowest BCUT2D eigenvalue weighted by atomic mass is 10.0. The molecule has 5 nitrogen and oxygen atoms in total.